The van der Waals surface area contributed by atoms with Crippen LogP contribution in [0.2, 0.25) is 10.0 Å². The molecule has 7 heteroatoms. The van der Waals surface area contributed by atoms with Crippen LogP contribution in [-0.2, 0) is 6.54 Å². The van der Waals surface area contributed by atoms with Crippen molar-refractivity contribution in [2.75, 3.05) is 13.2 Å². The Kier molecular flexibility index (Phi) is 5.43. The molecule has 1 fully saturated rings. The summed E-state index contributed by atoms with van der Waals surface area (Å²) in [7, 11) is 0. The summed E-state index contributed by atoms with van der Waals surface area (Å²) in [4.78, 5) is 6.67. The van der Waals surface area contributed by atoms with Gasteiger partial charge in [0.1, 0.15) is 6.61 Å². The van der Waals surface area contributed by atoms with E-state index in [1.54, 1.807) is 6.08 Å². The zero-order valence-corrected chi connectivity index (χ0v) is 15.0. The van der Waals surface area contributed by atoms with Crippen LogP contribution in [0.25, 0.3) is 0 Å². The Labute approximate surface area is 151 Å². The molecule has 5 nitrogen and oxygen atoms in total. The van der Waals surface area contributed by atoms with Crippen LogP contribution in [0, 0.1) is 6.92 Å². The monoisotopic (exact) mass is 367 g/mol. The molecule has 1 aliphatic heterocycles. The number of halogens is 2. The fraction of sp³-hybridized carbons (Fsp3) is 0.412. The predicted octanol–water partition coefficient (Wildman–Crippen LogP) is 4.59. The van der Waals surface area contributed by atoms with Gasteiger partial charge in [-0.05, 0) is 44.0 Å². The summed E-state index contributed by atoms with van der Waals surface area (Å²) >= 11 is 12.6. The molecule has 0 aliphatic carbocycles. The molecular formula is C17H19Cl2N3O2. The Morgan fingerprint density at radius 3 is 2.79 bits per heavy atom. The molecule has 24 heavy (non-hydrogen) atoms. The number of ether oxygens (including phenoxy) is 1. The Hall–Kier alpha value is -1.56. The average Bonchev–Trinajstić information content (AvgIpc) is 3.15. The van der Waals surface area contributed by atoms with Gasteiger partial charge in [-0.2, -0.15) is 4.98 Å². The van der Waals surface area contributed by atoms with Crippen LogP contribution in [0.1, 0.15) is 36.2 Å². The van der Waals surface area contributed by atoms with E-state index in [0.29, 0.717) is 40.7 Å². The molecule has 0 unspecified atom stereocenters. The van der Waals surface area contributed by atoms with Crippen molar-refractivity contribution in [3.05, 3.63) is 52.1 Å². The number of hydrogen-bond acceptors (Lipinski definition) is 5. The smallest absolute Gasteiger partial charge is 0.243 e. The van der Waals surface area contributed by atoms with Gasteiger partial charge in [0.25, 0.3) is 0 Å². The molecule has 1 atom stereocenters. The molecule has 0 saturated carbocycles. The summed E-state index contributed by atoms with van der Waals surface area (Å²) in [5, 5.41) is 4.90. The standard InChI is InChI=1S/C17H19Cl2N3O2/c1-3-7-23-16-13(18)8-12(9-14(16)19)10-22-6-4-5-15(22)17-20-11(2)21-24-17/h3,8-9,15H,1,4-7,10H2,2H3/t15-/m1/s1. The highest BCUT2D eigenvalue weighted by Gasteiger charge is 2.30. The average molecular weight is 368 g/mol. The summed E-state index contributed by atoms with van der Waals surface area (Å²) in [6.45, 7) is 7.50. The van der Waals surface area contributed by atoms with Gasteiger partial charge in [-0.15, -0.1) is 0 Å². The van der Waals surface area contributed by atoms with Crippen LogP contribution in [0.5, 0.6) is 5.75 Å². The maximum absolute atomic E-state index is 6.31. The molecule has 1 aromatic carbocycles. The van der Waals surface area contributed by atoms with E-state index in [2.05, 4.69) is 21.6 Å². The quantitative estimate of drug-likeness (QED) is 0.699. The molecule has 1 aliphatic rings. The lowest BCUT2D eigenvalue weighted by atomic mass is 10.1. The Morgan fingerprint density at radius 1 is 1.42 bits per heavy atom. The van der Waals surface area contributed by atoms with Crippen molar-refractivity contribution >= 4 is 23.2 Å². The highest BCUT2D eigenvalue weighted by Crippen LogP contribution is 2.37. The molecule has 1 aromatic heterocycles. The second-order valence-electron chi connectivity index (χ2n) is 5.80. The second-order valence-corrected chi connectivity index (χ2v) is 6.61. The minimum atomic E-state index is 0.139. The highest BCUT2D eigenvalue weighted by molar-refractivity contribution is 6.37. The van der Waals surface area contributed by atoms with Crippen LogP contribution in [0.15, 0.2) is 29.3 Å². The molecule has 0 N–H and O–H groups in total. The molecule has 2 heterocycles. The fourth-order valence-corrected chi connectivity index (χ4v) is 3.60. The third-order valence-electron chi connectivity index (χ3n) is 3.98. The van der Waals surface area contributed by atoms with Crippen LogP contribution in [0.3, 0.4) is 0 Å². The first kappa shape index (κ1) is 17.3. The van der Waals surface area contributed by atoms with Crippen molar-refractivity contribution < 1.29 is 9.26 Å². The summed E-state index contributed by atoms with van der Waals surface area (Å²) < 4.78 is 10.8. The lowest BCUT2D eigenvalue weighted by Crippen LogP contribution is -2.23. The molecular weight excluding hydrogens is 349 g/mol. The van der Waals surface area contributed by atoms with Crippen molar-refractivity contribution in [1.82, 2.24) is 15.0 Å². The summed E-state index contributed by atoms with van der Waals surface area (Å²) in [5.41, 5.74) is 1.03. The van der Waals surface area contributed by atoms with Crippen molar-refractivity contribution in [3.8, 4) is 5.75 Å². The van der Waals surface area contributed by atoms with Crippen LogP contribution in [0.4, 0.5) is 0 Å². The van der Waals surface area contributed by atoms with Crippen LogP contribution >= 0.6 is 23.2 Å². The van der Waals surface area contributed by atoms with E-state index < -0.39 is 0 Å². The number of benzene rings is 1. The van der Waals surface area contributed by atoms with E-state index in [9.17, 15) is 0 Å². The number of hydrogen-bond donors (Lipinski definition) is 0. The normalized spacial score (nSPS) is 18.0. The van der Waals surface area contributed by atoms with Crippen LogP contribution in [-0.4, -0.2) is 28.2 Å². The number of nitrogens with zero attached hydrogens (tertiary/aromatic N) is 3. The molecule has 0 amide bonds. The van der Waals surface area contributed by atoms with Gasteiger partial charge in [0.15, 0.2) is 11.6 Å². The molecule has 3 rings (SSSR count). The van der Waals surface area contributed by atoms with Gasteiger partial charge in [-0.1, -0.05) is 41.0 Å². The fourth-order valence-electron chi connectivity index (χ4n) is 2.96. The molecule has 2 aromatic rings. The molecule has 0 bridgehead atoms. The Morgan fingerprint density at radius 2 is 2.17 bits per heavy atom. The molecule has 0 spiro atoms. The van der Waals surface area contributed by atoms with E-state index in [4.69, 9.17) is 32.5 Å². The SMILES string of the molecule is C=CCOc1c(Cl)cc(CN2CCC[C@@H]2c2nc(C)no2)cc1Cl. The number of rotatable bonds is 6. The number of aromatic nitrogens is 2. The summed E-state index contributed by atoms with van der Waals surface area (Å²) in [5.74, 6) is 1.83. The summed E-state index contributed by atoms with van der Waals surface area (Å²) in [6, 6.07) is 3.92. The third kappa shape index (κ3) is 3.74. The van der Waals surface area contributed by atoms with Gasteiger partial charge >= 0.3 is 0 Å². The van der Waals surface area contributed by atoms with Gasteiger partial charge in [0.05, 0.1) is 16.1 Å². The Bertz CT molecular complexity index is 709. The van der Waals surface area contributed by atoms with Crippen molar-refractivity contribution in [2.45, 2.75) is 32.4 Å². The second kappa shape index (κ2) is 7.55. The first-order chi connectivity index (χ1) is 11.6. The minimum absolute atomic E-state index is 0.139. The minimum Gasteiger partial charge on any atom is -0.486 e. The van der Waals surface area contributed by atoms with E-state index in [1.807, 2.05) is 19.1 Å². The lowest BCUT2D eigenvalue weighted by molar-refractivity contribution is 0.201. The maximum atomic E-state index is 6.31. The first-order valence-corrected chi connectivity index (χ1v) is 8.60. The molecule has 128 valence electrons. The highest BCUT2D eigenvalue weighted by atomic mass is 35.5. The number of likely N-dealkylation sites (tertiary alicyclic amines) is 1. The van der Waals surface area contributed by atoms with Crippen molar-refractivity contribution in [1.29, 1.82) is 0 Å². The molecule has 0 radical (unpaired) electrons. The first-order valence-electron chi connectivity index (χ1n) is 7.84. The number of aryl methyl sites for hydroxylation is 1. The van der Waals surface area contributed by atoms with E-state index in [-0.39, 0.29) is 6.04 Å². The van der Waals surface area contributed by atoms with Gasteiger partial charge in [-0.25, -0.2) is 0 Å². The van der Waals surface area contributed by atoms with E-state index in [0.717, 1.165) is 24.9 Å². The van der Waals surface area contributed by atoms with E-state index in [1.165, 1.54) is 0 Å². The van der Waals surface area contributed by atoms with Crippen molar-refractivity contribution in [3.63, 3.8) is 0 Å². The zero-order chi connectivity index (χ0) is 17.1. The maximum Gasteiger partial charge on any atom is 0.243 e. The van der Waals surface area contributed by atoms with Crippen molar-refractivity contribution in [2.24, 2.45) is 0 Å². The van der Waals surface area contributed by atoms with Gasteiger partial charge in [-0.3, -0.25) is 4.90 Å². The van der Waals surface area contributed by atoms with Gasteiger partial charge < -0.3 is 9.26 Å². The zero-order valence-electron chi connectivity index (χ0n) is 13.5. The Balaban J connectivity index is 1.76. The predicted molar refractivity (Wildman–Crippen MR) is 93.6 cm³/mol. The molecule has 1 saturated heterocycles. The summed E-state index contributed by atoms with van der Waals surface area (Å²) in [6.07, 6.45) is 3.75. The van der Waals surface area contributed by atoms with Crippen LogP contribution < -0.4 is 4.74 Å². The third-order valence-corrected chi connectivity index (χ3v) is 4.54. The van der Waals surface area contributed by atoms with E-state index >= 15 is 0 Å². The van der Waals surface area contributed by atoms with Gasteiger partial charge in [0, 0.05) is 6.54 Å². The van der Waals surface area contributed by atoms with Gasteiger partial charge in [0.2, 0.25) is 5.89 Å². The largest absolute Gasteiger partial charge is 0.486 e. The topological polar surface area (TPSA) is 51.4 Å². The lowest BCUT2D eigenvalue weighted by Gasteiger charge is -2.22.